The average molecular weight is 254 g/mol. The lowest BCUT2D eigenvalue weighted by atomic mass is 10.1. The van der Waals surface area contributed by atoms with Crippen LogP contribution in [0.15, 0.2) is 24.3 Å². The van der Waals surface area contributed by atoms with E-state index in [1.165, 1.54) is 11.5 Å². The molecule has 1 amide bonds. The van der Waals surface area contributed by atoms with E-state index in [0.29, 0.717) is 5.56 Å². The summed E-state index contributed by atoms with van der Waals surface area (Å²) in [5, 5.41) is 22.0. The van der Waals surface area contributed by atoms with Crippen LogP contribution in [-0.4, -0.2) is 28.6 Å². The number of nitro groups is 1. The standard InChI is InChI=1S/C10H14N4O4/c11-5-8(10(15)13-16)12-6-7-3-1-2-4-9(7)14(17)18/h1-4,8,12,16H,5-6,11H2,(H,13,15)/t8-/m0/s1. The van der Waals surface area contributed by atoms with Crippen molar-refractivity contribution < 1.29 is 14.9 Å². The summed E-state index contributed by atoms with van der Waals surface area (Å²) in [6, 6.07) is 5.36. The predicted molar refractivity (Wildman–Crippen MR) is 62.7 cm³/mol. The molecule has 0 aromatic heterocycles. The van der Waals surface area contributed by atoms with Gasteiger partial charge in [0.2, 0.25) is 0 Å². The summed E-state index contributed by atoms with van der Waals surface area (Å²) < 4.78 is 0. The zero-order valence-electron chi connectivity index (χ0n) is 9.50. The van der Waals surface area contributed by atoms with Crippen LogP contribution in [0, 0.1) is 10.1 Å². The van der Waals surface area contributed by atoms with Crippen LogP contribution < -0.4 is 16.5 Å². The van der Waals surface area contributed by atoms with Crippen LogP contribution in [0.5, 0.6) is 0 Å². The molecule has 1 atom stereocenters. The van der Waals surface area contributed by atoms with Crippen LogP contribution in [0.3, 0.4) is 0 Å². The summed E-state index contributed by atoms with van der Waals surface area (Å²) in [6.45, 7) is 0.0689. The number of nitro benzene ring substituents is 1. The highest BCUT2D eigenvalue weighted by Crippen LogP contribution is 2.17. The van der Waals surface area contributed by atoms with E-state index in [1.807, 2.05) is 0 Å². The van der Waals surface area contributed by atoms with Crippen LogP contribution in [0.25, 0.3) is 0 Å². The molecule has 1 aromatic rings. The minimum absolute atomic E-state index is 0.0347. The van der Waals surface area contributed by atoms with Gasteiger partial charge >= 0.3 is 0 Å². The number of nitrogens with zero attached hydrogens (tertiary/aromatic N) is 1. The highest BCUT2D eigenvalue weighted by Gasteiger charge is 2.18. The molecule has 0 bridgehead atoms. The van der Waals surface area contributed by atoms with Crippen molar-refractivity contribution in [2.24, 2.45) is 5.73 Å². The number of hydrogen-bond acceptors (Lipinski definition) is 6. The number of carbonyl (C=O) groups excluding carboxylic acids is 1. The first-order valence-electron chi connectivity index (χ1n) is 5.19. The maximum atomic E-state index is 11.1. The number of para-hydroxylation sites is 1. The van der Waals surface area contributed by atoms with E-state index in [0.717, 1.165) is 0 Å². The minimum atomic E-state index is -0.810. The summed E-state index contributed by atoms with van der Waals surface area (Å²) in [5.41, 5.74) is 7.22. The maximum Gasteiger partial charge on any atom is 0.273 e. The molecule has 0 aliphatic rings. The van der Waals surface area contributed by atoms with Crippen molar-refractivity contribution in [3.63, 3.8) is 0 Å². The first-order valence-corrected chi connectivity index (χ1v) is 5.19. The van der Waals surface area contributed by atoms with Crippen molar-refractivity contribution in [3.05, 3.63) is 39.9 Å². The fraction of sp³-hybridized carbons (Fsp3) is 0.300. The topological polar surface area (TPSA) is 131 Å². The molecule has 8 nitrogen and oxygen atoms in total. The van der Waals surface area contributed by atoms with Crippen LogP contribution in [0.4, 0.5) is 5.69 Å². The second-order valence-electron chi connectivity index (χ2n) is 3.53. The summed E-state index contributed by atoms with van der Waals surface area (Å²) in [6.07, 6.45) is 0. The fourth-order valence-electron chi connectivity index (χ4n) is 1.43. The third-order valence-corrected chi connectivity index (χ3v) is 2.39. The number of amides is 1. The zero-order valence-corrected chi connectivity index (χ0v) is 9.50. The Morgan fingerprint density at radius 1 is 1.50 bits per heavy atom. The third-order valence-electron chi connectivity index (χ3n) is 2.39. The van der Waals surface area contributed by atoms with Crippen molar-refractivity contribution >= 4 is 11.6 Å². The van der Waals surface area contributed by atoms with E-state index in [-0.39, 0.29) is 18.8 Å². The number of benzene rings is 1. The van der Waals surface area contributed by atoms with E-state index in [9.17, 15) is 14.9 Å². The lowest BCUT2D eigenvalue weighted by molar-refractivity contribution is -0.385. The van der Waals surface area contributed by atoms with E-state index >= 15 is 0 Å². The second-order valence-corrected chi connectivity index (χ2v) is 3.53. The molecule has 0 aliphatic carbocycles. The Morgan fingerprint density at radius 2 is 2.17 bits per heavy atom. The first-order chi connectivity index (χ1) is 8.60. The van der Waals surface area contributed by atoms with Gasteiger partial charge in [-0.3, -0.25) is 20.1 Å². The molecule has 0 saturated carbocycles. The van der Waals surface area contributed by atoms with Crippen molar-refractivity contribution in [2.75, 3.05) is 6.54 Å². The summed E-state index contributed by atoms with van der Waals surface area (Å²) in [7, 11) is 0. The van der Waals surface area contributed by atoms with Gasteiger partial charge in [0.05, 0.1) is 4.92 Å². The molecule has 1 aromatic carbocycles. The highest BCUT2D eigenvalue weighted by atomic mass is 16.6. The lowest BCUT2D eigenvalue weighted by Gasteiger charge is -2.14. The van der Waals surface area contributed by atoms with Gasteiger partial charge in [-0.05, 0) is 0 Å². The first kappa shape index (κ1) is 14.0. The molecule has 0 saturated heterocycles. The molecule has 0 fully saturated rings. The van der Waals surface area contributed by atoms with Crippen LogP contribution >= 0.6 is 0 Å². The molecule has 0 radical (unpaired) electrons. The summed E-state index contributed by atoms with van der Waals surface area (Å²) in [5.74, 6) is -0.684. The molecule has 0 heterocycles. The Labute approximate surface area is 103 Å². The van der Waals surface area contributed by atoms with E-state index in [1.54, 1.807) is 18.2 Å². The van der Waals surface area contributed by atoms with Crippen molar-refractivity contribution in [2.45, 2.75) is 12.6 Å². The smallest absolute Gasteiger partial charge is 0.273 e. The molecule has 8 heteroatoms. The van der Waals surface area contributed by atoms with Gasteiger partial charge in [0, 0.05) is 24.7 Å². The maximum absolute atomic E-state index is 11.1. The summed E-state index contributed by atoms with van der Waals surface area (Å²) in [4.78, 5) is 21.4. The monoisotopic (exact) mass is 254 g/mol. The molecule has 0 aliphatic heterocycles. The molecule has 0 spiro atoms. The SMILES string of the molecule is NC[C@H](NCc1ccccc1[N+](=O)[O-])C(=O)NO. The van der Waals surface area contributed by atoms with Crippen molar-refractivity contribution in [3.8, 4) is 0 Å². The third kappa shape index (κ3) is 3.48. The molecule has 18 heavy (non-hydrogen) atoms. The zero-order chi connectivity index (χ0) is 13.5. The highest BCUT2D eigenvalue weighted by molar-refractivity contribution is 5.80. The Bertz CT molecular complexity index is 438. The molecule has 1 rings (SSSR count). The number of hydroxylamine groups is 1. The van der Waals surface area contributed by atoms with Gasteiger partial charge in [-0.25, -0.2) is 5.48 Å². The van der Waals surface area contributed by atoms with Gasteiger partial charge in [0.1, 0.15) is 6.04 Å². The van der Waals surface area contributed by atoms with Crippen molar-refractivity contribution in [1.29, 1.82) is 0 Å². The van der Waals surface area contributed by atoms with Gasteiger partial charge in [0.15, 0.2) is 0 Å². The fourth-order valence-corrected chi connectivity index (χ4v) is 1.43. The van der Waals surface area contributed by atoms with Crippen molar-refractivity contribution in [1.82, 2.24) is 10.8 Å². The average Bonchev–Trinajstić information content (AvgIpc) is 2.39. The molecular formula is C10H14N4O4. The molecule has 0 unspecified atom stereocenters. The quantitative estimate of drug-likeness (QED) is 0.308. The van der Waals surface area contributed by atoms with Crippen LogP contribution in [0.1, 0.15) is 5.56 Å². The van der Waals surface area contributed by atoms with Crippen LogP contribution in [0.2, 0.25) is 0 Å². The van der Waals surface area contributed by atoms with E-state index in [2.05, 4.69) is 5.32 Å². The minimum Gasteiger partial charge on any atom is -0.328 e. The van der Waals surface area contributed by atoms with E-state index in [4.69, 9.17) is 10.9 Å². The Balaban J connectivity index is 2.73. The number of rotatable bonds is 6. The number of nitrogens with one attached hydrogen (secondary N) is 2. The lowest BCUT2D eigenvalue weighted by Crippen LogP contribution is -2.47. The molecule has 98 valence electrons. The number of hydrogen-bond donors (Lipinski definition) is 4. The molecule has 5 N–H and O–H groups in total. The summed E-state index contributed by atoms with van der Waals surface area (Å²) >= 11 is 0. The van der Waals surface area contributed by atoms with Gasteiger partial charge < -0.3 is 11.1 Å². The predicted octanol–water partition coefficient (Wildman–Crippen LogP) is -0.483. The number of carbonyl (C=O) groups is 1. The number of nitrogens with two attached hydrogens (primary N) is 1. The Kier molecular flexibility index (Phi) is 5.18. The van der Waals surface area contributed by atoms with Gasteiger partial charge in [-0.2, -0.15) is 0 Å². The van der Waals surface area contributed by atoms with Gasteiger partial charge in [-0.1, -0.05) is 18.2 Å². The van der Waals surface area contributed by atoms with E-state index < -0.39 is 16.9 Å². The Hall–Kier alpha value is -2.03. The Morgan fingerprint density at radius 3 is 2.72 bits per heavy atom. The van der Waals surface area contributed by atoms with Gasteiger partial charge in [0.25, 0.3) is 11.6 Å². The van der Waals surface area contributed by atoms with Gasteiger partial charge in [-0.15, -0.1) is 0 Å². The largest absolute Gasteiger partial charge is 0.328 e. The second kappa shape index (κ2) is 6.64. The van der Waals surface area contributed by atoms with Crippen LogP contribution in [-0.2, 0) is 11.3 Å². The normalized spacial score (nSPS) is 11.9. The molecular weight excluding hydrogens is 240 g/mol.